The van der Waals surface area contributed by atoms with Gasteiger partial charge < -0.3 is 9.52 Å². The lowest BCUT2D eigenvalue weighted by Crippen LogP contribution is -2.00. The number of furan rings is 1. The van der Waals surface area contributed by atoms with Gasteiger partial charge in [-0.1, -0.05) is 12.1 Å². The van der Waals surface area contributed by atoms with E-state index in [1.165, 1.54) is 30.3 Å². The maximum Gasteiger partial charge on any atom is 0.433 e. The Bertz CT molecular complexity index is 634. The Labute approximate surface area is 112 Å². The summed E-state index contributed by atoms with van der Waals surface area (Å²) in [5, 5.41) is 30.9. The molecule has 0 saturated carbocycles. The van der Waals surface area contributed by atoms with E-state index in [0.717, 1.165) is 6.07 Å². The van der Waals surface area contributed by atoms with Crippen molar-refractivity contribution < 1.29 is 19.4 Å². The quantitative estimate of drug-likeness (QED) is 0.662. The van der Waals surface area contributed by atoms with E-state index in [4.69, 9.17) is 4.42 Å². The molecule has 1 atom stereocenters. The number of hydrogen-bond acceptors (Lipinski definition) is 6. The highest BCUT2D eigenvalue weighted by Gasteiger charge is 2.18. The van der Waals surface area contributed by atoms with Crippen LogP contribution < -0.4 is 0 Å². The first-order valence-electron chi connectivity index (χ1n) is 5.63. The fourth-order valence-electron chi connectivity index (χ4n) is 1.70. The van der Waals surface area contributed by atoms with Crippen LogP contribution >= 0.6 is 0 Å². The minimum Gasteiger partial charge on any atom is -0.403 e. The number of rotatable bonds is 5. The second-order valence-electron chi connectivity index (χ2n) is 4.08. The molecule has 0 aliphatic carbocycles. The van der Waals surface area contributed by atoms with Crippen LogP contribution in [-0.4, -0.2) is 15.0 Å². The van der Waals surface area contributed by atoms with Crippen molar-refractivity contribution in [3.8, 4) is 0 Å². The number of benzene rings is 1. The van der Waals surface area contributed by atoms with Gasteiger partial charge in [0.1, 0.15) is 16.8 Å². The molecule has 1 aromatic carbocycles. The molecule has 2 rings (SSSR count). The van der Waals surface area contributed by atoms with Crippen molar-refractivity contribution in [2.75, 3.05) is 0 Å². The van der Waals surface area contributed by atoms with Gasteiger partial charge in [-0.15, -0.1) is 0 Å². The highest BCUT2D eigenvalue weighted by molar-refractivity contribution is 5.33. The summed E-state index contributed by atoms with van der Waals surface area (Å²) in [7, 11) is 0. The van der Waals surface area contributed by atoms with Crippen LogP contribution in [0.1, 0.15) is 17.4 Å². The number of aliphatic hydroxyl groups excluding tert-OH is 1. The molecule has 0 aliphatic rings. The fraction of sp³-hybridized carbons (Fsp3) is 0.167. The van der Waals surface area contributed by atoms with Crippen LogP contribution in [0.5, 0.6) is 0 Å². The fourth-order valence-corrected chi connectivity index (χ4v) is 1.70. The van der Waals surface area contributed by atoms with Crippen molar-refractivity contribution in [3.05, 3.63) is 68.0 Å². The third-order valence-corrected chi connectivity index (χ3v) is 2.70. The predicted molar refractivity (Wildman–Crippen MR) is 67.1 cm³/mol. The summed E-state index contributed by atoms with van der Waals surface area (Å²) in [4.78, 5) is 19.8. The molecule has 0 fully saturated rings. The van der Waals surface area contributed by atoms with E-state index < -0.39 is 21.8 Å². The summed E-state index contributed by atoms with van der Waals surface area (Å²) in [6.45, 7) is 0. The number of nitro groups is 2. The molecule has 8 nitrogen and oxygen atoms in total. The first-order chi connectivity index (χ1) is 9.47. The SMILES string of the molecule is O=[N+]([O-])c1ccc(CC(O)c2ccc([N+](=O)[O-])o2)cc1. The largest absolute Gasteiger partial charge is 0.433 e. The normalized spacial score (nSPS) is 12.1. The van der Waals surface area contributed by atoms with Gasteiger partial charge in [-0.3, -0.25) is 20.2 Å². The molecule has 20 heavy (non-hydrogen) atoms. The average Bonchev–Trinajstić information content (AvgIpc) is 2.89. The van der Waals surface area contributed by atoms with E-state index in [9.17, 15) is 25.3 Å². The lowest BCUT2D eigenvalue weighted by atomic mass is 10.1. The number of non-ortho nitro benzene ring substituents is 1. The zero-order chi connectivity index (χ0) is 14.7. The Hall–Kier alpha value is -2.74. The van der Waals surface area contributed by atoms with Crippen molar-refractivity contribution in [1.82, 2.24) is 0 Å². The standard InChI is InChI=1S/C12H10N2O6/c15-10(11-5-6-12(20-11)14(18)19)7-8-1-3-9(4-2-8)13(16)17/h1-6,10,15H,7H2. The monoisotopic (exact) mass is 278 g/mol. The summed E-state index contributed by atoms with van der Waals surface area (Å²) in [6.07, 6.45) is -0.909. The van der Waals surface area contributed by atoms with E-state index in [2.05, 4.69) is 0 Å². The number of aliphatic hydroxyl groups is 1. The van der Waals surface area contributed by atoms with Crippen molar-refractivity contribution in [1.29, 1.82) is 0 Å². The Balaban J connectivity index is 2.08. The van der Waals surface area contributed by atoms with Gasteiger partial charge in [-0.25, -0.2) is 0 Å². The highest BCUT2D eigenvalue weighted by atomic mass is 16.6. The van der Waals surface area contributed by atoms with Crippen molar-refractivity contribution in [3.63, 3.8) is 0 Å². The molecule has 1 aromatic heterocycles. The van der Waals surface area contributed by atoms with Crippen molar-refractivity contribution in [2.45, 2.75) is 12.5 Å². The van der Waals surface area contributed by atoms with E-state index in [0.29, 0.717) is 5.56 Å². The molecule has 0 amide bonds. The molecular formula is C12H10N2O6. The van der Waals surface area contributed by atoms with Crippen molar-refractivity contribution in [2.24, 2.45) is 0 Å². The maximum atomic E-state index is 10.5. The van der Waals surface area contributed by atoms with E-state index in [1.54, 1.807) is 0 Å². The smallest absolute Gasteiger partial charge is 0.403 e. The zero-order valence-corrected chi connectivity index (χ0v) is 10.1. The van der Waals surface area contributed by atoms with Crippen LogP contribution in [0.4, 0.5) is 11.6 Å². The Kier molecular flexibility index (Phi) is 3.76. The summed E-state index contributed by atoms with van der Waals surface area (Å²) in [6, 6.07) is 8.17. The third kappa shape index (κ3) is 2.98. The Morgan fingerprint density at radius 3 is 2.20 bits per heavy atom. The van der Waals surface area contributed by atoms with Gasteiger partial charge in [0, 0.05) is 18.6 Å². The highest BCUT2D eigenvalue weighted by Crippen LogP contribution is 2.24. The summed E-state index contributed by atoms with van der Waals surface area (Å²) in [5.41, 5.74) is 0.610. The molecule has 0 spiro atoms. The summed E-state index contributed by atoms with van der Waals surface area (Å²) >= 11 is 0. The number of nitrogens with zero attached hydrogens (tertiary/aromatic N) is 2. The van der Waals surface area contributed by atoms with E-state index in [-0.39, 0.29) is 17.9 Å². The molecule has 104 valence electrons. The Morgan fingerprint density at radius 1 is 1.05 bits per heavy atom. The predicted octanol–water partition coefficient (Wildman–Crippen LogP) is 2.37. The minimum absolute atomic E-state index is 0.0446. The van der Waals surface area contributed by atoms with Gasteiger partial charge in [0.2, 0.25) is 0 Å². The second kappa shape index (κ2) is 5.49. The van der Waals surface area contributed by atoms with Gasteiger partial charge in [-0.2, -0.15) is 0 Å². The number of nitro benzene ring substituents is 1. The van der Waals surface area contributed by atoms with Gasteiger partial charge in [0.25, 0.3) is 5.69 Å². The van der Waals surface area contributed by atoms with Crippen LogP contribution in [0.2, 0.25) is 0 Å². The molecule has 0 radical (unpaired) electrons. The molecule has 1 N–H and O–H groups in total. The molecule has 1 heterocycles. The van der Waals surface area contributed by atoms with Gasteiger partial charge >= 0.3 is 5.88 Å². The molecule has 0 bridgehead atoms. The average molecular weight is 278 g/mol. The lowest BCUT2D eigenvalue weighted by Gasteiger charge is -2.06. The summed E-state index contributed by atoms with van der Waals surface area (Å²) in [5.74, 6) is -0.363. The van der Waals surface area contributed by atoms with Gasteiger partial charge in [0.15, 0.2) is 0 Å². The topological polar surface area (TPSA) is 120 Å². The van der Waals surface area contributed by atoms with Crippen LogP contribution in [-0.2, 0) is 6.42 Å². The first kappa shape index (κ1) is 13.7. The molecule has 1 unspecified atom stereocenters. The molecule has 2 aromatic rings. The van der Waals surface area contributed by atoms with Gasteiger partial charge in [-0.05, 0) is 11.6 Å². The van der Waals surface area contributed by atoms with Crippen LogP contribution in [0, 0.1) is 20.2 Å². The second-order valence-corrected chi connectivity index (χ2v) is 4.08. The van der Waals surface area contributed by atoms with E-state index >= 15 is 0 Å². The summed E-state index contributed by atoms with van der Waals surface area (Å²) < 4.78 is 4.88. The number of hydrogen-bond donors (Lipinski definition) is 1. The lowest BCUT2D eigenvalue weighted by molar-refractivity contribution is -0.402. The van der Waals surface area contributed by atoms with Crippen LogP contribution in [0.25, 0.3) is 0 Å². The minimum atomic E-state index is -1.05. The molecule has 8 heteroatoms. The molecule has 0 aliphatic heterocycles. The first-order valence-corrected chi connectivity index (χ1v) is 5.63. The van der Waals surface area contributed by atoms with Gasteiger partial charge in [0.05, 0.1) is 11.0 Å². The van der Waals surface area contributed by atoms with Crippen LogP contribution in [0.3, 0.4) is 0 Å². The van der Waals surface area contributed by atoms with Crippen LogP contribution in [0.15, 0.2) is 40.8 Å². The molecular weight excluding hydrogens is 268 g/mol. The zero-order valence-electron chi connectivity index (χ0n) is 10.1. The van der Waals surface area contributed by atoms with Crippen molar-refractivity contribution >= 4 is 11.6 Å². The van der Waals surface area contributed by atoms with E-state index in [1.807, 2.05) is 0 Å². The molecule has 0 saturated heterocycles. The third-order valence-electron chi connectivity index (χ3n) is 2.70. The maximum absolute atomic E-state index is 10.5. The Morgan fingerprint density at radius 2 is 1.70 bits per heavy atom.